The summed E-state index contributed by atoms with van der Waals surface area (Å²) in [5.41, 5.74) is 0.123. The molecule has 1 aromatic rings. The molecule has 0 bridgehead atoms. The number of carbonyl (C=O) groups is 1. The lowest BCUT2D eigenvalue weighted by atomic mass is 9.95. The number of ether oxygens (including phenoxy) is 1. The summed E-state index contributed by atoms with van der Waals surface area (Å²) in [5.74, 6) is -0.150. The van der Waals surface area contributed by atoms with Crippen LogP contribution in [0.3, 0.4) is 0 Å². The first-order valence-electron chi connectivity index (χ1n) is 7.89. The van der Waals surface area contributed by atoms with Gasteiger partial charge in [0.1, 0.15) is 18.1 Å². The molecule has 1 fully saturated rings. The Morgan fingerprint density at radius 2 is 2.17 bits per heavy atom. The van der Waals surface area contributed by atoms with E-state index in [2.05, 4.69) is 10.3 Å². The quantitative estimate of drug-likeness (QED) is 0.787. The molecular formula is C16H22F2N2O3. The van der Waals surface area contributed by atoms with Crippen molar-refractivity contribution in [3.8, 4) is 5.75 Å². The van der Waals surface area contributed by atoms with E-state index in [1.165, 1.54) is 18.3 Å². The van der Waals surface area contributed by atoms with Gasteiger partial charge in [-0.2, -0.15) is 0 Å². The number of nitrogens with one attached hydrogen (secondary N) is 1. The van der Waals surface area contributed by atoms with Crippen molar-refractivity contribution in [2.75, 3.05) is 13.2 Å². The molecule has 128 valence electrons. The summed E-state index contributed by atoms with van der Waals surface area (Å²) in [4.78, 5) is 16.3. The van der Waals surface area contributed by atoms with E-state index in [1.54, 1.807) is 0 Å². The van der Waals surface area contributed by atoms with Crippen LogP contribution >= 0.6 is 0 Å². The van der Waals surface area contributed by atoms with Gasteiger partial charge < -0.3 is 15.2 Å². The Bertz CT molecular complexity index is 514. The second-order valence-corrected chi connectivity index (χ2v) is 5.74. The van der Waals surface area contributed by atoms with E-state index >= 15 is 0 Å². The SMILES string of the molecule is O=C(NC1CCCCCC1CO)c1cc(OCC(F)F)ccn1. The van der Waals surface area contributed by atoms with Crippen LogP contribution in [0.1, 0.15) is 42.6 Å². The molecule has 2 unspecified atom stereocenters. The number of nitrogens with zero attached hydrogens (tertiary/aromatic N) is 1. The summed E-state index contributed by atoms with van der Waals surface area (Å²) < 4.78 is 29.2. The minimum Gasteiger partial charge on any atom is -0.488 e. The third kappa shape index (κ3) is 5.42. The maximum Gasteiger partial charge on any atom is 0.272 e. The van der Waals surface area contributed by atoms with E-state index in [9.17, 15) is 18.7 Å². The minimum atomic E-state index is -2.57. The Morgan fingerprint density at radius 3 is 2.91 bits per heavy atom. The second-order valence-electron chi connectivity index (χ2n) is 5.74. The Labute approximate surface area is 134 Å². The summed E-state index contributed by atoms with van der Waals surface area (Å²) in [6, 6.07) is 2.69. The molecule has 2 rings (SSSR count). The zero-order valence-electron chi connectivity index (χ0n) is 12.9. The molecule has 0 aliphatic heterocycles. The zero-order valence-corrected chi connectivity index (χ0v) is 12.9. The molecule has 1 saturated carbocycles. The van der Waals surface area contributed by atoms with Gasteiger partial charge in [0.05, 0.1) is 0 Å². The van der Waals surface area contributed by atoms with Gasteiger partial charge in [-0.05, 0) is 18.9 Å². The molecule has 1 aliphatic carbocycles. The molecule has 1 heterocycles. The molecule has 1 aliphatic rings. The van der Waals surface area contributed by atoms with E-state index in [-0.39, 0.29) is 35.9 Å². The Kier molecular flexibility index (Phi) is 6.70. The number of halogens is 2. The number of carbonyl (C=O) groups excluding carboxylic acids is 1. The largest absolute Gasteiger partial charge is 0.488 e. The smallest absolute Gasteiger partial charge is 0.272 e. The highest BCUT2D eigenvalue weighted by atomic mass is 19.3. The molecule has 23 heavy (non-hydrogen) atoms. The first-order valence-corrected chi connectivity index (χ1v) is 7.89. The Hall–Kier alpha value is -1.76. The Balaban J connectivity index is 2.00. The van der Waals surface area contributed by atoms with E-state index in [0.717, 1.165) is 32.1 Å². The molecular weight excluding hydrogens is 306 g/mol. The number of aliphatic hydroxyl groups is 1. The predicted molar refractivity (Wildman–Crippen MR) is 80.7 cm³/mol. The highest BCUT2D eigenvalue weighted by Gasteiger charge is 2.25. The maximum absolute atomic E-state index is 12.3. The topological polar surface area (TPSA) is 71.5 Å². The second kappa shape index (κ2) is 8.76. The summed E-state index contributed by atoms with van der Waals surface area (Å²) in [6.07, 6.45) is 3.63. The van der Waals surface area contributed by atoms with Crippen molar-refractivity contribution in [1.82, 2.24) is 10.3 Å². The average molecular weight is 328 g/mol. The number of hydrogen-bond acceptors (Lipinski definition) is 4. The molecule has 1 aromatic heterocycles. The van der Waals surface area contributed by atoms with Crippen molar-refractivity contribution in [2.24, 2.45) is 5.92 Å². The lowest BCUT2D eigenvalue weighted by molar-refractivity contribution is 0.0816. The first-order chi connectivity index (χ1) is 11.1. The van der Waals surface area contributed by atoms with Gasteiger partial charge in [-0.25, -0.2) is 8.78 Å². The van der Waals surface area contributed by atoms with Crippen molar-refractivity contribution >= 4 is 5.91 Å². The van der Waals surface area contributed by atoms with Gasteiger partial charge in [-0.3, -0.25) is 9.78 Å². The maximum atomic E-state index is 12.3. The molecule has 2 atom stereocenters. The summed E-state index contributed by atoms with van der Waals surface area (Å²) in [6.45, 7) is -0.684. The first kappa shape index (κ1) is 17.6. The molecule has 2 N–H and O–H groups in total. The number of rotatable bonds is 6. The summed E-state index contributed by atoms with van der Waals surface area (Å²) in [5, 5.41) is 12.4. The van der Waals surface area contributed by atoms with E-state index in [4.69, 9.17) is 4.74 Å². The van der Waals surface area contributed by atoms with Gasteiger partial charge >= 0.3 is 0 Å². The predicted octanol–water partition coefficient (Wildman–Crippen LogP) is 2.40. The number of amides is 1. The van der Waals surface area contributed by atoms with Crippen molar-refractivity contribution in [2.45, 2.75) is 44.6 Å². The van der Waals surface area contributed by atoms with Crippen LogP contribution in [0.25, 0.3) is 0 Å². The van der Waals surface area contributed by atoms with Crippen LogP contribution in [-0.4, -0.2) is 41.7 Å². The van der Waals surface area contributed by atoms with Crippen LogP contribution in [0.4, 0.5) is 8.78 Å². The third-order valence-corrected chi connectivity index (χ3v) is 4.05. The third-order valence-electron chi connectivity index (χ3n) is 4.05. The van der Waals surface area contributed by atoms with Crippen LogP contribution in [0.2, 0.25) is 0 Å². The minimum absolute atomic E-state index is 0.0376. The van der Waals surface area contributed by atoms with E-state index in [0.29, 0.717) is 0 Å². The highest BCUT2D eigenvalue weighted by Crippen LogP contribution is 2.23. The van der Waals surface area contributed by atoms with Gasteiger partial charge in [-0.1, -0.05) is 19.3 Å². The number of hydrogen-bond donors (Lipinski definition) is 2. The summed E-state index contributed by atoms with van der Waals surface area (Å²) >= 11 is 0. The fourth-order valence-corrected chi connectivity index (χ4v) is 2.82. The van der Waals surface area contributed by atoms with Gasteiger partial charge in [0.2, 0.25) is 0 Å². The average Bonchev–Trinajstić information content (AvgIpc) is 2.78. The van der Waals surface area contributed by atoms with Gasteiger partial charge in [0, 0.05) is 30.8 Å². The standard InChI is InChI=1S/C16H22F2N2O3/c17-15(18)10-23-12-6-7-19-14(8-12)16(22)20-13-5-3-1-2-4-11(13)9-21/h6-8,11,13,15,21H,1-5,9-10H2,(H,20,22). The highest BCUT2D eigenvalue weighted by molar-refractivity contribution is 5.92. The lowest BCUT2D eigenvalue weighted by Gasteiger charge is -2.24. The Morgan fingerprint density at radius 1 is 1.39 bits per heavy atom. The number of aromatic nitrogens is 1. The van der Waals surface area contributed by atoms with Crippen LogP contribution < -0.4 is 10.1 Å². The van der Waals surface area contributed by atoms with Crippen molar-refractivity contribution in [1.29, 1.82) is 0 Å². The van der Waals surface area contributed by atoms with Crippen LogP contribution in [0.5, 0.6) is 5.75 Å². The van der Waals surface area contributed by atoms with Crippen LogP contribution in [0, 0.1) is 5.92 Å². The summed E-state index contributed by atoms with van der Waals surface area (Å²) in [7, 11) is 0. The fourth-order valence-electron chi connectivity index (χ4n) is 2.82. The number of aliphatic hydroxyl groups excluding tert-OH is 1. The molecule has 5 nitrogen and oxygen atoms in total. The normalized spacial score (nSPS) is 21.7. The van der Waals surface area contributed by atoms with Gasteiger partial charge in [-0.15, -0.1) is 0 Å². The van der Waals surface area contributed by atoms with Gasteiger partial charge in [0.15, 0.2) is 0 Å². The van der Waals surface area contributed by atoms with Crippen molar-refractivity contribution < 1.29 is 23.4 Å². The molecule has 0 saturated heterocycles. The van der Waals surface area contributed by atoms with Crippen LogP contribution in [0.15, 0.2) is 18.3 Å². The number of alkyl halides is 2. The van der Waals surface area contributed by atoms with E-state index < -0.39 is 13.0 Å². The lowest BCUT2D eigenvalue weighted by Crippen LogP contribution is -2.41. The molecule has 0 aromatic carbocycles. The van der Waals surface area contributed by atoms with E-state index in [1.807, 2.05) is 0 Å². The fraction of sp³-hybridized carbons (Fsp3) is 0.625. The molecule has 7 heteroatoms. The zero-order chi connectivity index (χ0) is 16.7. The van der Waals surface area contributed by atoms with Crippen molar-refractivity contribution in [3.05, 3.63) is 24.0 Å². The molecule has 1 amide bonds. The van der Waals surface area contributed by atoms with Crippen molar-refractivity contribution in [3.63, 3.8) is 0 Å². The monoisotopic (exact) mass is 328 g/mol. The molecule has 0 spiro atoms. The molecule has 0 radical (unpaired) electrons. The van der Waals surface area contributed by atoms with Crippen LogP contribution in [-0.2, 0) is 0 Å². The van der Waals surface area contributed by atoms with Gasteiger partial charge in [0.25, 0.3) is 12.3 Å². The number of pyridine rings is 1.